The summed E-state index contributed by atoms with van der Waals surface area (Å²) in [6, 6.07) is 76.6. The summed E-state index contributed by atoms with van der Waals surface area (Å²) in [6.45, 7) is 19.9. The predicted molar refractivity (Wildman–Crippen MR) is 333 cm³/mol. The molecule has 0 unspecified atom stereocenters. The first-order valence-electron chi connectivity index (χ1n) is 27.9. The van der Waals surface area contributed by atoms with Crippen LogP contribution in [0.25, 0.3) is 67.3 Å². The van der Waals surface area contributed by atoms with Gasteiger partial charge in [0.25, 0.3) is 0 Å². The molecule has 9 aromatic carbocycles. The number of benzene rings is 9. The molecule has 0 atom stereocenters. The monoisotopic (exact) mass is 1220 g/mol. The number of allylic oxidation sites excluding steroid dienone is 5. The Morgan fingerprint density at radius 3 is 1.20 bits per heavy atom. The van der Waals surface area contributed by atoms with Crippen LogP contribution in [0.15, 0.2) is 235 Å². The minimum atomic E-state index is -2.52. The molecule has 13 rings (SSSR count). The van der Waals surface area contributed by atoms with Gasteiger partial charge in [-0.3, -0.25) is 0 Å². The van der Waals surface area contributed by atoms with Crippen molar-refractivity contribution in [2.24, 2.45) is 0 Å². The number of rotatable bonds is 9. The zero-order chi connectivity index (χ0) is 54.4. The van der Waals surface area contributed by atoms with Crippen LogP contribution in [0.2, 0.25) is 0 Å². The molecule has 0 spiro atoms. The molecule has 1 nitrogen and oxygen atoms in total. The summed E-state index contributed by atoms with van der Waals surface area (Å²) >= 11 is 1.85. The maximum absolute atomic E-state index is 6.18. The van der Waals surface area contributed by atoms with Gasteiger partial charge in [-0.2, -0.15) is 0 Å². The molecule has 0 bridgehead atoms. The summed E-state index contributed by atoms with van der Waals surface area (Å²) in [7, 11) is -2.52. The van der Waals surface area contributed by atoms with Crippen LogP contribution in [0.1, 0.15) is 99.9 Å². The molecule has 387 valence electrons. The van der Waals surface area contributed by atoms with Crippen LogP contribution in [-0.2, 0) is 38.9 Å². The van der Waals surface area contributed by atoms with E-state index in [-0.39, 0.29) is 16.2 Å². The first kappa shape index (κ1) is 51.2. The summed E-state index contributed by atoms with van der Waals surface area (Å²) in [5.74, 6) is 0. The molecular weight excluding hydrogens is 1150 g/mol. The Labute approximate surface area is 478 Å². The van der Waals surface area contributed by atoms with E-state index >= 15 is 0 Å². The average Bonchev–Trinajstić information content (AvgIpc) is 4.35. The number of fused-ring (bicyclic) bond motifs is 9. The molecule has 0 N–H and O–H groups in total. The van der Waals surface area contributed by atoms with Crippen molar-refractivity contribution >= 4 is 34.8 Å². The third-order valence-electron chi connectivity index (χ3n) is 18.1. The fraction of sp³-hybridized carbons (Fsp3) is 0.171. The number of hydrogen-bond donors (Lipinski definition) is 0. The first-order chi connectivity index (χ1) is 38.3. The number of ether oxygens (including phenoxy) is 1. The standard InChI is InChI=1S/C76H65OP.Os/c1-10-21-50-28-34-61-62-35-29-52(42-69(62)74(4,5)68(61)40-50)53-30-36-63-64-37-31-54(44-71(64)75(6,7)70(63)43-53)55-32-38-65-66-39-33-56(46-73(66)76(8,9)72(65)45-55)67(41-57-48-77-47-51(57)11-2)49(3)78(58-22-15-12-16-23-58,59-24-17-13-18-25-59)60-26-19-14-20-27-60;/h10-46H,47-48H2,1-2,4-9H3;/q+1;/b21-10+,51-11?,57-41?,67-49?;. The molecule has 1 fully saturated rings. The van der Waals surface area contributed by atoms with Gasteiger partial charge in [0.2, 0.25) is 0 Å². The van der Waals surface area contributed by atoms with E-state index in [2.05, 4.69) is 284 Å². The second-order valence-electron chi connectivity index (χ2n) is 23.5. The normalized spacial score (nSPS) is 17.2. The molecule has 1 heterocycles. The van der Waals surface area contributed by atoms with Crippen molar-refractivity contribution < 1.29 is 22.7 Å². The molecule has 3 aliphatic carbocycles. The van der Waals surface area contributed by atoms with Crippen molar-refractivity contribution in [1.82, 2.24) is 0 Å². The van der Waals surface area contributed by atoms with Crippen LogP contribution < -0.4 is 15.9 Å². The van der Waals surface area contributed by atoms with Gasteiger partial charge in [-0.15, -0.1) is 0 Å². The van der Waals surface area contributed by atoms with Crippen LogP contribution in [0.5, 0.6) is 0 Å². The van der Waals surface area contributed by atoms with E-state index in [0.29, 0.717) is 13.2 Å². The van der Waals surface area contributed by atoms with Crippen LogP contribution >= 0.6 is 7.26 Å². The first-order valence-corrected chi connectivity index (χ1v) is 31.0. The van der Waals surface area contributed by atoms with Crippen molar-refractivity contribution in [2.45, 2.75) is 71.6 Å². The van der Waals surface area contributed by atoms with E-state index < -0.39 is 7.26 Å². The van der Waals surface area contributed by atoms with E-state index in [9.17, 15) is 0 Å². The van der Waals surface area contributed by atoms with Crippen LogP contribution in [0, 0.1) is 4.37 Å². The van der Waals surface area contributed by atoms with E-state index in [1.165, 1.54) is 138 Å². The SMILES string of the molecule is CC=C1COCC1=CC(=C([C]#[Os])[P+](c1ccccc1)(c1ccccc1)c1ccccc1)c1ccc2c(c1)C(C)(C)c1cc(-c3ccc4c(c3)C(C)(C)c3cc(-c5ccc6c(c5)C(C)(C)c5cc(/C=C/C)ccc5-6)ccc3-4)ccc1-2. The Balaban J connectivity index is 0.877. The summed E-state index contributed by atoms with van der Waals surface area (Å²) < 4.78 is 10.2. The molecule has 0 saturated carbocycles. The Bertz CT molecular complexity index is 4040. The molecule has 0 radical (unpaired) electrons. The quantitative estimate of drug-likeness (QED) is 0.131. The summed E-state index contributed by atoms with van der Waals surface area (Å²) in [4.78, 5) is 0. The average molecular weight is 1220 g/mol. The molecule has 79 heavy (non-hydrogen) atoms. The Hall–Kier alpha value is -7.25. The van der Waals surface area contributed by atoms with Crippen molar-refractivity contribution in [3.63, 3.8) is 0 Å². The van der Waals surface area contributed by atoms with Gasteiger partial charge in [-0.1, -0.05) is 88.4 Å². The molecule has 0 amide bonds. The van der Waals surface area contributed by atoms with Gasteiger partial charge in [-0.25, -0.2) is 0 Å². The van der Waals surface area contributed by atoms with E-state index in [0.717, 1.165) is 0 Å². The van der Waals surface area contributed by atoms with Crippen molar-refractivity contribution in [2.75, 3.05) is 13.2 Å². The van der Waals surface area contributed by atoms with Crippen LogP contribution in [0.3, 0.4) is 0 Å². The van der Waals surface area contributed by atoms with E-state index in [1.54, 1.807) is 0 Å². The Morgan fingerprint density at radius 2 is 0.810 bits per heavy atom. The second kappa shape index (κ2) is 19.5. The fourth-order valence-electron chi connectivity index (χ4n) is 13.8. The third-order valence-corrected chi connectivity index (χ3v) is 23.5. The van der Waals surface area contributed by atoms with Gasteiger partial charge in [0.15, 0.2) is 0 Å². The van der Waals surface area contributed by atoms with Crippen molar-refractivity contribution in [1.29, 1.82) is 0 Å². The summed E-state index contributed by atoms with van der Waals surface area (Å²) in [5.41, 5.74) is 27.0. The second-order valence-corrected chi connectivity index (χ2v) is 27.5. The van der Waals surface area contributed by atoms with Gasteiger partial charge in [0.1, 0.15) is 0 Å². The van der Waals surface area contributed by atoms with Crippen molar-refractivity contribution in [3.05, 3.63) is 279 Å². The molecule has 9 aromatic rings. The zero-order valence-electron chi connectivity index (χ0n) is 46.5. The molecule has 0 aromatic heterocycles. The fourth-order valence-corrected chi connectivity index (χ4v) is 19.6. The minimum absolute atomic E-state index is 0.0836. The molecule has 3 heteroatoms. The molecule has 4 aliphatic rings. The van der Waals surface area contributed by atoms with Crippen molar-refractivity contribution in [3.8, 4) is 60.0 Å². The summed E-state index contributed by atoms with van der Waals surface area (Å²) in [5, 5.41) is 5.15. The Kier molecular flexibility index (Phi) is 12.7. The molecular formula is C76H65OOsP+. The van der Waals surface area contributed by atoms with Crippen LogP contribution in [-0.4, -0.2) is 13.2 Å². The van der Waals surface area contributed by atoms with Crippen LogP contribution in [0.4, 0.5) is 0 Å². The molecule has 1 saturated heterocycles. The van der Waals surface area contributed by atoms with Gasteiger partial charge < -0.3 is 0 Å². The van der Waals surface area contributed by atoms with Gasteiger partial charge in [0.05, 0.1) is 0 Å². The van der Waals surface area contributed by atoms with E-state index in [4.69, 9.17) is 4.74 Å². The van der Waals surface area contributed by atoms with Gasteiger partial charge in [-0.05, 0) is 80.3 Å². The number of hydrogen-bond acceptors (Lipinski definition) is 1. The molecule has 1 aliphatic heterocycles. The topological polar surface area (TPSA) is 9.23 Å². The van der Waals surface area contributed by atoms with Gasteiger partial charge in [0, 0.05) is 10.8 Å². The van der Waals surface area contributed by atoms with E-state index in [1.807, 2.05) is 17.9 Å². The zero-order valence-corrected chi connectivity index (χ0v) is 49.9. The maximum atomic E-state index is 6.18. The summed E-state index contributed by atoms with van der Waals surface area (Å²) in [6.07, 6.45) is 8.99. The Morgan fingerprint density at radius 1 is 0.443 bits per heavy atom. The predicted octanol–water partition coefficient (Wildman–Crippen LogP) is 18.1. The van der Waals surface area contributed by atoms with Gasteiger partial charge >= 0.3 is 302 Å². The third kappa shape index (κ3) is 8.05.